The minimum Gasteiger partial charge on any atom is -0.322 e. The number of hydrogen-bond acceptors (Lipinski definition) is 2. The molecule has 0 aliphatic rings. The quantitative estimate of drug-likeness (QED) is 0.756. The third kappa shape index (κ3) is 3.66. The Morgan fingerprint density at radius 2 is 1.75 bits per heavy atom. The van der Waals surface area contributed by atoms with Gasteiger partial charge < -0.3 is 5.32 Å². The number of carbonyl (C=O) groups excluding carboxylic acids is 1. The summed E-state index contributed by atoms with van der Waals surface area (Å²) in [6.07, 6.45) is 1.50. The van der Waals surface area contributed by atoms with E-state index in [0.29, 0.717) is 16.8 Å². The number of carbonyl (C=O) groups is 1. The standard InChI is InChI=1S/C20H17FN2O/c1-13-8-14(2)10-18(9-13)23-20(24)16-6-7-19(22-12-16)15-4-3-5-17(21)11-15/h3-12H,1-2H3,(H,23,24). The van der Waals surface area contributed by atoms with E-state index in [1.54, 1.807) is 24.3 Å². The van der Waals surface area contributed by atoms with Crippen LogP contribution in [0.3, 0.4) is 0 Å². The highest BCUT2D eigenvalue weighted by molar-refractivity contribution is 6.04. The summed E-state index contributed by atoms with van der Waals surface area (Å²) in [5, 5.41) is 2.87. The maximum atomic E-state index is 13.3. The van der Waals surface area contributed by atoms with Crippen molar-refractivity contribution >= 4 is 11.6 Å². The van der Waals surface area contributed by atoms with Crippen LogP contribution in [-0.4, -0.2) is 10.9 Å². The van der Waals surface area contributed by atoms with Crippen LogP contribution < -0.4 is 5.32 Å². The lowest BCUT2D eigenvalue weighted by molar-refractivity contribution is 0.102. The number of aromatic nitrogens is 1. The number of nitrogens with zero attached hydrogens (tertiary/aromatic N) is 1. The maximum Gasteiger partial charge on any atom is 0.257 e. The number of anilines is 1. The summed E-state index contributed by atoms with van der Waals surface area (Å²) in [6, 6.07) is 15.5. The zero-order valence-corrected chi connectivity index (χ0v) is 13.5. The Balaban J connectivity index is 1.79. The first-order chi connectivity index (χ1) is 11.5. The zero-order valence-electron chi connectivity index (χ0n) is 13.5. The molecule has 0 saturated carbocycles. The van der Waals surface area contributed by atoms with Gasteiger partial charge in [0.2, 0.25) is 0 Å². The Labute approximate surface area is 140 Å². The Kier molecular flexibility index (Phi) is 4.38. The molecule has 0 aliphatic carbocycles. The average Bonchev–Trinajstić information content (AvgIpc) is 2.54. The fraction of sp³-hybridized carbons (Fsp3) is 0.100. The molecule has 24 heavy (non-hydrogen) atoms. The van der Waals surface area contributed by atoms with Crippen molar-refractivity contribution in [3.63, 3.8) is 0 Å². The lowest BCUT2D eigenvalue weighted by atomic mass is 10.1. The molecule has 3 nitrogen and oxygen atoms in total. The third-order valence-corrected chi connectivity index (χ3v) is 3.63. The van der Waals surface area contributed by atoms with Crippen molar-refractivity contribution in [2.24, 2.45) is 0 Å². The van der Waals surface area contributed by atoms with Gasteiger partial charge in [-0.1, -0.05) is 18.2 Å². The first-order valence-electron chi connectivity index (χ1n) is 7.63. The summed E-state index contributed by atoms with van der Waals surface area (Å²) in [5.41, 5.74) is 4.68. The second-order valence-corrected chi connectivity index (χ2v) is 5.77. The van der Waals surface area contributed by atoms with Crippen LogP contribution in [0, 0.1) is 19.7 Å². The van der Waals surface area contributed by atoms with Gasteiger partial charge in [0.1, 0.15) is 5.82 Å². The molecule has 0 radical (unpaired) electrons. The van der Waals surface area contributed by atoms with Crippen molar-refractivity contribution in [1.82, 2.24) is 4.98 Å². The van der Waals surface area contributed by atoms with Crippen molar-refractivity contribution < 1.29 is 9.18 Å². The van der Waals surface area contributed by atoms with E-state index in [9.17, 15) is 9.18 Å². The first kappa shape index (κ1) is 15.9. The van der Waals surface area contributed by atoms with Gasteiger partial charge in [-0.2, -0.15) is 0 Å². The van der Waals surface area contributed by atoms with Crippen LogP contribution in [0.25, 0.3) is 11.3 Å². The fourth-order valence-electron chi connectivity index (χ4n) is 2.60. The molecule has 1 heterocycles. The van der Waals surface area contributed by atoms with E-state index in [0.717, 1.165) is 16.8 Å². The first-order valence-corrected chi connectivity index (χ1v) is 7.63. The molecule has 0 atom stereocenters. The predicted octanol–water partition coefficient (Wildman–Crippen LogP) is 4.76. The predicted molar refractivity (Wildman–Crippen MR) is 93.5 cm³/mol. The second kappa shape index (κ2) is 6.62. The molecule has 4 heteroatoms. The summed E-state index contributed by atoms with van der Waals surface area (Å²) < 4.78 is 13.3. The highest BCUT2D eigenvalue weighted by atomic mass is 19.1. The van der Waals surface area contributed by atoms with Crippen LogP contribution in [0.5, 0.6) is 0 Å². The molecule has 0 aliphatic heterocycles. The molecule has 3 aromatic rings. The number of benzene rings is 2. The minimum absolute atomic E-state index is 0.224. The van der Waals surface area contributed by atoms with Gasteiger partial charge in [0.05, 0.1) is 11.3 Å². The Morgan fingerprint density at radius 3 is 2.38 bits per heavy atom. The topological polar surface area (TPSA) is 42.0 Å². The van der Waals surface area contributed by atoms with Crippen LogP contribution in [0.4, 0.5) is 10.1 Å². The molecule has 120 valence electrons. The number of pyridine rings is 1. The van der Waals surface area contributed by atoms with Crippen molar-refractivity contribution in [3.8, 4) is 11.3 Å². The number of amides is 1. The summed E-state index contributed by atoms with van der Waals surface area (Å²) >= 11 is 0. The molecule has 0 spiro atoms. The van der Waals surface area contributed by atoms with Gasteiger partial charge in [0.25, 0.3) is 5.91 Å². The van der Waals surface area contributed by atoms with Gasteiger partial charge >= 0.3 is 0 Å². The van der Waals surface area contributed by atoms with Crippen molar-refractivity contribution in [1.29, 1.82) is 0 Å². The van der Waals surface area contributed by atoms with Crippen LogP contribution in [0.1, 0.15) is 21.5 Å². The number of nitrogens with one attached hydrogen (secondary N) is 1. The van der Waals surface area contributed by atoms with Gasteiger partial charge in [-0.05, 0) is 61.4 Å². The maximum absolute atomic E-state index is 13.3. The number of aryl methyl sites for hydroxylation is 2. The normalized spacial score (nSPS) is 10.5. The number of hydrogen-bond donors (Lipinski definition) is 1. The highest BCUT2D eigenvalue weighted by Gasteiger charge is 2.08. The summed E-state index contributed by atoms with van der Waals surface area (Å²) in [5.74, 6) is -0.538. The Hall–Kier alpha value is -3.01. The van der Waals surface area contributed by atoms with Gasteiger partial charge in [0, 0.05) is 17.4 Å². The summed E-state index contributed by atoms with van der Waals surface area (Å²) in [6.45, 7) is 3.97. The van der Waals surface area contributed by atoms with E-state index < -0.39 is 0 Å². The molecule has 0 fully saturated rings. The second-order valence-electron chi connectivity index (χ2n) is 5.77. The fourth-order valence-corrected chi connectivity index (χ4v) is 2.60. The monoisotopic (exact) mass is 320 g/mol. The average molecular weight is 320 g/mol. The van der Waals surface area contributed by atoms with Gasteiger partial charge in [0.15, 0.2) is 0 Å². The smallest absolute Gasteiger partial charge is 0.257 e. The summed E-state index contributed by atoms with van der Waals surface area (Å²) in [7, 11) is 0. The third-order valence-electron chi connectivity index (χ3n) is 3.63. The van der Waals surface area contributed by atoms with E-state index >= 15 is 0 Å². The lowest BCUT2D eigenvalue weighted by Crippen LogP contribution is -2.12. The zero-order chi connectivity index (χ0) is 17.1. The largest absolute Gasteiger partial charge is 0.322 e. The van der Waals surface area contributed by atoms with Crippen molar-refractivity contribution in [2.75, 3.05) is 5.32 Å². The van der Waals surface area contributed by atoms with E-state index in [2.05, 4.69) is 10.3 Å². The van der Waals surface area contributed by atoms with Gasteiger partial charge in [-0.3, -0.25) is 9.78 Å². The van der Waals surface area contributed by atoms with Crippen LogP contribution in [-0.2, 0) is 0 Å². The van der Waals surface area contributed by atoms with Gasteiger partial charge in [-0.25, -0.2) is 4.39 Å². The molecule has 1 amide bonds. The molecular formula is C20H17FN2O. The molecule has 0 saturated heterocycles. The molecular weight excluding hydrogens is 303 g/mol. The van der Waals surface area contributed by atoms with Crippen LogP contribution in [0.15, 0.2) is 60.8 Å². The Morgan fingerprint density at radius 1 is 1.00 bits per heavy atom. The molecule has 1 N–H and O–H groups in total. The lowest BCUT2D eigenvalue weighted by Gasteiger charge is -2.08. The van der Waals surface area contributed by atoms with Crippen molar-refractivity contribution in [3.05, 3.63) is 83.3 Å². The van der Waals surface area contributed by atoms with E-state index in [-0.39, 0.29) is 11.7 Å². The number of halogens is 1. The van der Waals surface area contributed by atoms with Gasteiger partial charge in [-0.15, -0.1) is 0 Å². The van der Waals surface area contributed by atoms with Crippen LogP contribution in [0.2, 0.25) is 0 Å². The molecule has 2 aromatic carbocycles. The summed E-state index contributed by atoms with van der Waals surface area (Å²) in [4.78, 5) is 16.6. The minimum atomic E-state index is -0.314. The number of rotatable bonds is 3. The molecule has 3 rings (SSSR count). The highest BCUT2D eigenvalue weighted by Crippen LogP contribution is 2.19. The van der Waals surface area contributed by atoms with E-state index in [4.69, 9.17) is 0 Å². The molecule has 1 aromatic heterocycles. The van der Waals surface area contributed by atoms with Crippen LogP contribution >= 0.6 is 0 Å². The SMILES string of the molecule is Cc1cc(C)cc(NC(=O)c2ccc(-c3cccc(F)c3)nc2)c1. The van der Waals surface area contributed by atoms with E-state index in [1.165, 1.54) is 18.3 Å². The van der Waals surface area contributed by atoms with E-state index in [1.807, 2.05) is 32.0 Å². The Bertz CT molecular complexity index is 868. The molecule has 0 bridgehead atoms. The van der Waals surface area contributed by atoms with Crippen molar-refractivity contribution in [2.45, 2.75) is 13.8 Å². The molecule has 0 unspecified atom stereocenters.